The molecule has 2 aromatic heterocycles. The molecule has 0 saturated carbocycles. The Balaban J connectivity index is 1.78. The number of alkyl halides is 2. The van der Waals surface area contributed by atoms with Crippen molar-refractivity contribution in [3.8, 4) is 0 Å². The minimum Gasteiger partial charge on any atom is -0.378 e. The summed E-state index contributed by atoms with van der Waals surface area (Å²) >= 11 is 0. The fourth-order valence-corrected chi connectivity index (χ4v) is 3.84. The van der Waals surface area contributed by atoms with Crippen LogP contribution in [0.1, 0.15) is 23.4 Å². The van der Waals surface area contributed by atoms with Gasteiger partial charge in [0.1, 0.15) is 28.8 Å². The first-order valence-corrected chi connectivity index (χ1v) is 10.6. The molecule has 8 nitrogen and oxygen atoms in total. The molecule has 4 rings (SSSR count). The Bertz CT molecular complexity index is 1210. The minimum atomic E-state index is -2.90. The molecule has 1 aliphatic heterocycles. The monoisotopic (exact) mass is 462 g/mol. The van der Waals surface area contributed by atoms with Crippen LogP contribution < -0.4 is 21.1 Å². The van der Waals surface area contributed by atoms with Gasteiger partial charge in [0.05, 0.1) is 30.7 Å². The van der Waals surface area contributed by atoms with Crippen LogP contribution in [0.5, 0.6) is 0 Å². The topological polar surface area (TPSA) is 84.3 Å². The normalized spacial score (nSPS) is 14.3. The van der Waals surface area contributed by atoms with E-state index in [0.717, 1.165) is 6.07 Å². The van der Waals surface area contributed by atoms with E-state index in [-0.39, 0.29) is 17.7 Å². The largest absolute Gasteiger partial charge is 0.378 e. The first kappa shape index (κ1) is 23.0. The third kappa shape index (κ3) is 4.64. The highest BCUT2D eigenvalue weighted by atomic mass is 19.3. The van der Waals surface area contributed by atoms with E-state index in [9.17, 15) is 18.0 Å². The highest BCUT2D eigenvalue weighted by molar-refractivity contribution is 5.89. The summed E-state index contributed by atoms with van der Waals surface area (Å²) in [4.78, 5) is 24.0. The average molecular weight is 462 g/mol. The molecule has 0 unspecified atom stereocenters. The number of nitrogens with one attached hydrogen (secondary N) is 2. The molecule has 0 radical (unpaired) electrons. The predicted molar refractivity (Wildman–Crippen MR) is 119 cm³/mol. The fourth-order valence-electron chi connectivity index (χ4n) is 3.84. The lowest BCUT2D eigenvalue weighted by Gasteiger charge is -2.28. The standard InChI is InChI=1S/C22H25F3N6O2/c1-26-12-17-28-20(27-11-13-4-3-5-14(18(13)23)19(24)25)15-10-16(31-6-8-33-9-7-31)22(32)30(2)21(15)29-17/h3-5,10,19,26H,6-9,11-12H2,1-2H3,(H,27,28,29). The number of aryl methyl sites for hydroxylation is 1. The van der Waals surface area contributed by atoms with Gasteiger partial charge < -0.3 is 20.3 Å². The van der Waals surface area contributed by atoms with E-state index in [1.807, 2.05) is 4.90 Å². The van der Waals surface area contributed by atoms with Gasteiger partial charge in [0.25, 0.3) is 12.0 Å². The maximum Gasteiger partial charge on any atom is 0.275 e. The van der Waals surface area contributed by atoms with E-state index in [2.05, 4.69) is 20.6 Å². The van der Waals surface area contributed by atoms with Crippen molar-refractivity contribution in [3.63, 3.8) is 0 Å². The van der Waals surface area contributed by atoms with Crippen molar-refractivity contribution < 1.29 is 17.9 Å². The van der Waals surface area contributed by atoms with Gasteiger partial charge in [-0.25, -0.2) is 23.1 Å². The summed E-state index contributed by atoms with van der Waals surface area (Å²) in [6, 6.07) is 5.63. The summed E-state index contributed by atoms with van der Waals surface area (Å²) in [7, 11) is 3.38. The number of halogens is 3. The van der Waals surface area contributed by atoms with Crippen LogP contribution in [0.2, 0.25) is 0 Å². The van der Waals surface area contributed by atoms with Gasteiger partial charge in [-0.15, -0.1) is 0 Å². The summed E-state index contributed by atoms with van der Waals surface area (Å²) in [5, 5.41) is 6.61. The van der Waals surface area contributed by atoms with Crippen LogP contribution in [-0.4, -0.2) is 47.9 Å². The Hall–Kier alpha value is -3.18. The van der Waals surface area contributed by atoms with Crippen molar-refractivity contribution in [2.24, 2.45) is 7.05 Å². The van der Waals surface area contributed by atoms with Gasteiger partial charge in [0, 0.05) is 32.2 Å². The zero-order valence-corrected chi connectivity index (χ0v) is 18.4. The number of hydrogen-bond donors (Lipinski definition) is 2. The smallest absolute Gasteiger partial charge is 0.275 e. The van der Waals surface area contributed by atoms with Crippen molar-refractivity contribution in [2.75, 3.05) is 43.6 Å². The number of rotatable bonds is 7. The Morgan fingerprint density at radius 3 is 2.64 bits per heavy atom. The van der Waals surface area contributed by atoms with Crippen molar-refractivity contribution in [1.29, 1.82) is 0 Å². The van der Waals surface area contributed by atoms with E-state index >= 15 is 0 Å². The summed E-state index contributed by atoms with van der Waals surface area (Å²) in [5.74, 6) is -0.129. The second-order valence-electron chi connectivity index (χ2n) is 7.72. The maximum atomic E-state index is 14.5. The number of nitrogens with zero attached hydrogens (tertiary/aromatic N) is 4. The fraction of sp³-hybridized carbons (Fsp3) is 0.409. The molecule has 1 saturated heterocycles. The molecular weight excluding hydrogens is 437 g/mol. The van der Waals surface area contributed by atoms with Gasteiger partial charge in [-0.2, -0.15) is 0 Å². The molecule has 0 spiro atoms. The molecule has 3 heterocycles. The minimum absolute atomic E-state index is 0.0623. The first-order chi connectivity index (χ1) is 15.9. The number of fused-ring (bicyclic) bond motifs is 1. The van der Waals surface area contributed by atoms with Crippen LogP contribution in [0.15, 0.2) is 29.1 Å². The molecule has 0 bridgehead atoms. The quantitative estimate of drug-likeness (QED) is 0.558. The van der Waals surface area contributed by atoms with Crippen LogP contribution in [0.4, 0.5) is 24.7 Å². The molecule has 33 heavy (non-hydrogen) atoms. The predicted octanol–water partition coefficient (Wildman–Crippen LogP) is 2.57. The van der Waals surface area contributed by atoms with Gasteiger partial charge >= 0.3 is 0 Å². The second-order valence-corrected chi connectivity index (χ2v) is 7.72. The zero-order valence-electron chi connectivity index (χ0n) is 18.4. The van der Waals surface area contributed by atoms with Crippen LogP contribution in [0.25, 0.3) is 11.0 Å². The van der Waals surface area contributed by atoms with E-state index in [4.69, 9.17) is 4.74 Å². The number of ether oxygens (including phenoxy) is 1. The highest BCUT2D eigenvalue weighted by Crippen LogP contribution is 2.27. The van der Waals surface area contributed by atoms with Crippen LogP contribution in [0, 0.1) is 5.82 Å². The van der Waals surface area contributed by atoms with Gasteiger partial charge in [-0.05, 0) is 13.1 Å². The Labute approximate surface area is 188 Å². The Morgan fingerprint density at radius 2 is 1.94 bits per heavy atom. The molecule has 176 valence electrons. The molecule has 0 aliphatic carbocycles. The summed E-state index contributed by atoms with van der Waals surface area (Å²) in [5.41, 5.74) is 0.163. The molecule has 1 aromatic carbocycles. The van der Waals surface area contributed by atoms with Crippen molar-refractivity contribution >= 4 is 22.5 Å². The Morgan fingerprint density at radius 1 is 1.18 bits per heavy atom. The van der Waals surface area contributed by atoms with Crippen LogP contribution in [-0.2, 0) is 24.9 Å². The third-order valence-corrected chi connectivity index (χ3v) is 5.57. The molecule has 0 atom stereocenters. The van der Waals surface area contributed by atoms with Crippen molar-refractivity contribution in [2.45, 2.75) is 19.5 Å². The zero-order chi connectivity index (χ0) is 23.5. The molecule has 11 heteroatoms. The number of morpholine rings is 1. The lowest BCUT2D eigenvalue weighted by Crippen LogP contribution is -2.40. The lowest BCUT2D eigenvalue weighted by atomic mass is 10.1. The summed E-state index contributed by atoms with van der Waals surface area (Å²) < 4.78 is 47.6. The number of pyridine rings is 1. The number of aromatic nitrogens is 3. The van der Waals surface area contributed by atoms with Gasteiger partial charge in [0.15, 0.2) is 0 Å². The molecule has 0 amide bonds. The number of benzene rings is 1. The molecule has 2 N–H and O–H groups in total. The summed E-state index contributed by atoms with van der Waals surface area (Å²) in [6.45, 7) is 2.47. The second kappa shape index (κ2) is 9.75. The van der Waals surface area contributed by atoms with Crippen LogP contribution in [0.3, 0.4) is 0 Å². The van der Waals surface area contributed by atoms with E-state index < -0.39 is 17.8 Å². The molecule has 1 aliphatic rings. The summed E-state index contributed by atoms with van der Waals surface area (Å²) in [6.07, 6.45) is -2.90. The average Bonchev–Trinajstić information content (AvgIpc) is 2.81. The van der Waals surface area contributed by atoms with Gasteiger partial charge in [-0.1, -0.05) is 18.2 Å². The number of hydrogen-bond acceptors (Lipinski definition) is 7. The number of anilines is 2. The lowest BCUT2D eigenvalue weighted by molar-refractivity contribution is 0.122. The molecule has 3 aromatic rings. The highest BCUT2D eigenvalue weighted by Gasteiger charge is 2.21. The Kier molecular flexibility index (Phi) is 6.80. The van der Waals surface area contributed by atoms with E-state index in [1.54, 1.807) is 20.2 Å². The van der Waals surface area contributed by atoms with Gasteiger partial charge in [-0.3, -0.25) is 9.36 Å². The molecule has 1 fully saturated rings. The van der Waals surface area contributed by atoms with Crippen molar-refractivity contribution in [1.82, 2.24) is 19.9 Å². The third-order valence-electron chi connectivity index (χ3n) is 5.57. The van der Waals surface area contributed by atoms with Gasteiger partial charge in [0.2, 0.25) is 0 Å². The van der Waals surface area contributed by atoms with E-state index in [0.29, 0.717) is 61.2 Å². The first-order valence-electron chi connectivity index (χ1n) is 10.6. The maximum absolute atomic E-state index is 14.5. The van der Waals surface area contributed by atoms with Crippen molar-refractivity contribution in [3.05, 3.63) is 57.4 Å². The molecular formula is C22H25F3N6O2. The van der Waals surface area contributed by atoms with E-state index in [1.165, 1.54) is 16.7 Å². The van der Waals surface area contributed by atoms with Crippen LogP contribution >= 0.6 is 0 Å². The SMILES string of the molecule is CNCc1nc(NCc2cccc(C(F)F)c2F)c2cc(N3CCOCC3)c(=O)n(C)c2n1.